The number of carbonyl (C=O) groups excluding carboxylic acids is 1. The monoisotopic (exact) mass is 388 g/mol. The zero-order valence-corrected chi connectivity index (χ0v) is 15.4. The Balaban J connectivity index is 2.12. The number of aliphatic carboxylic acids is 1. The predicted octanol–water partition coefficient (Wildman–Crippen LogP) is 2.43. The standard InChI is InChI=1S/C16H21ClN2O5S/c1-25(23,24)18-14-10-12(4-5-13(14)17)16(22)19-7-2-3-11(6-8-19)9-15(20)21/h4-5,10-11,18H,2-3,6-9H2,1H3,(H,20,21). The maximum absolute atomic E-state index is 12.7. The molecule has 0 aliphatic carbocycles. The summed E-state index contributed by atoms with van der Waals surface area (Å²) in [5.41, 5.74) is 0.501. The molecule has 1 saturated heterocycles. The minimum absolute atomic E-state index is 0.0722. The molecule has 1 atom stereocenters. The van der Waals surface area contributed by atoms with Gasteiger partial charge in [-0.3, -0.25) is 14.3 Å². The first-order chi connectivity index (χ1) is 11.7. The Bertz CT molecular complexity index is 766. The van der Waals surface area contributed by atoms with Gasteiger partial charge in [-0.25, -0.2) is 8.42 Å². The second-order valence-corrected chi connectivity index (χ2v) is 8.41. The smallest absolute Gasteiger partial charge is 0.303 e. The van der Waals surface area contributed by atoms with Crippen LogP contribution in [0.15, 0.2) is 18.2 Å². The van der Waals surface area contributed by atoms with Gasteiger partial charge in [0.1, 0.15) is 0 Å². The molecule has 2 N–H and O–H groups in total. The van der Waals surface area contributed by atoms with E-state index in [9.17, 15) is 18.0 Å². The molecule has 1 aliphatic heterocycles. The van der Waals surface area contributed by atoms with Crippen LogP contribution >= 0.6 is 11.6 Å². The number of benzene rings is 1. The first-order valence-electron chi connectivity index (χ1n) is 7.94. The second-order valence-electron chi connectivity index (χ2n) is 6.26. The van der Waals surface area contributed by atoms with E-state index >= 15 is 0 Å². The number of carbonyl (C=O) groups is 2. The number of likely N-dealkylation sites (tertiary alicyclic amines) is 1. The molecule has 0 saturated carbocycles. The summed E-state index contributed by atoms with van der Waals surface area (Å²) in [6, 6.07) is 4.45. The highest BCUT2D eigenvalue weighted by Gasteiger charge is 2.23. The highest BCUT2D eigenvalue weighted by molar-refractivity contribution is 7.92. The Hall–Kier alpha value is -1.80. The van der Waals surface area contributed by atoms with Crippen LogP contribution in [0, 0.1) is 5.92 Å². The molecule has 1 amide bonds. The third-order valence-electron chi connectivity index (χ3n) is 4.11. The Labute approximate surface area is 152 Å². The third-order valence-corrected chi connectivity index (χ3v) is 5.03. The second kappa shape index (κ2) is 8.05. The molecule has 25 heavy (non-hydrogen) atoms. The highest BCUT2D eigenvalue weighted by Crippen LogP contribution is 2.26. The minimum Gasteiger partial charge on any atom is -0.481 e. The van der Waals surface area contributed by atoms with Crippen molar-refractivity contribution in [3.05, 3.63) is 28.8 Å². The van der Waals surface area contributed by atoms with Gasteiger partial charge in [0.15, 0.2) is 0 Å². The molecule has 0 radical (unpaired) electrons. The number of carboxylic acid groups (broad SMARTS) is 1. The van der Waals surface area contributed by atoms with Gasteiger partial charge in [-0.1, -0.05) is 11.6 Å². The fourth-order valence-corrected chi connectivity index (χ4v) is 3.73. The summed E-state index contributed by atoms with van der Waals surface area (Å²) in [5.74, 6) is -0.967. The van der Waals surface area contributed by atoms with Gasteiger partial charge in [-0.15, -0.1) is 0 Å². The van der Waals surface area contributed by atoms with E-state index in [1.165, 1.54) is 12.1 Å². The predicted molar refractivity (Wildman–Crippen MR) is 95.4 cm³/mol. The first kappa shape index (κ1) is 19.5. The number of hydrogen-bond acceptors (Lipinski definition) is 4. The van der Waals surface area contributed by atoms with E-state index in [4.69, 9.17) is 16.7 Å². The maximum Gasteiger partial charge on any atom is 0.303 e. The average molecular weight is 389 g/mol. The number of anilines is 1. The van der Waals surface area contributed by atoms with Crippen molar-refractivity contribution in [3.63, 3.8) is 0 Å². The van der Waals surface area contributed by atoms with E-state index in [1.807, 2.05) is 0 Å². The van der Waals surface area contributed by atoms with E-state index in [0.717, 1.165) is 19.1 Å². The van der Waals surface area contributed by atoms with Crippen molar-refractivity contribution in [1.82, 2.24) is 4.90 Å². The Morgan fingerprint density at radius 3 is 2.68 bits per heavy atom. The van der Waals surface area contributed by atoms with Crippen molar-refractivity contribution in [3.8, 4) is 0 Å². The maximum atomic E-state index is 12.7. The molecular formula is C16H21ClN2O5S. The lowest BCUT2D eigenvalue weighted by Gasteiger charge is -2.21. The van der Waals surface area contributed by atoms with Gasteiger partial charge < -0.3 is 10.0 Å². The lowest BCUT2D eigenvalue weighted by Crippen LogP contribution is -2.32. The van der Waals surface area contributed by atoms with Crippen molar-refractivity contribution < 1.29 is 23.1 Å². The number of nitrogens with zero attached hydrogens (tertiary/aromatic N) is 1. The van der Waals surface area contributed by atoms with Gasteiger partial charge in [0.25, 0.3) is 5.91 Å². The fourth-order valence-electron chi connectivity index (χ4n) is 2.94. The fraction of sp³-hybridized carbons (Fsp3) is 0.500. The number of hydrogen-bond donors (Lipinski definition) is 2. The SMILES string of the molecule is CS(=O)(=O)Nc1cc(C(=O)N2CCCC(CC(=O)O)CC2)ccc1Cl. The van der Waals surface area contributed by atoms with Crippen LogP contribution in [0.25, 0.3) is 0 Å². The molecule has 1 heterocycles. The van der Waals surface area contributed by atoms with E-state index in [2.05, 4.69) is 4.72 Å². The zero-order valence-electron chi connectivity index (χ0n) is 13.9. The molecule has 1 unspecified atom stereocenters. The van der Waals surface area contributed by atoms with Crippen LogP contribution in [-0.4, -0.2) is 49.6 Å². The molecule has 0 bridgehead atoms. The Kier molecular flexibility index (Phi) is 6.29. The molecule has 1 aliphatic rings. The lowest BCUT2D eigenvalue weighted by molar-refractivity contribution is -0.138. The average Bonchev–Trinajstić information content (AvgIpc) is 2.72. The van der Waals surface area contributed by atoms with Crippen molar-refractivity contribution >= 4 is 39.2 Å². The van der Waals surface area contributed by atoms with Gasteiger partial charge in [-0.05, 0) is 43.4 Å². The Morgan fingerprint density at radius 2 is 2.04 bits per heavy atom. The van der Waals surface area contributed by atoms with Crippen LogP contribution in [0.4, 0.5) is 5.69 Å². The number of halogens is 1. The van der Waals surface area contributed by atoms with Crippen LogP contribution in [0.2, 0.25) is 5.02 Å². The summed E-state index contributed by atoms with van der Waals surface area (Å²) < 4.78 is 25.1. The molecule has 1 aromatic rings. The Morgan fingerprint density at radius 1 is 1.32 bits per heavy atom. The topological polar surface area (TPSA) is 104 Å². The largest absolute Gasteiger partial charge is 0.481 e. The molecule has 138 valence electrons. The highest BCUT2D eigenvalue weighted by atomic mass is 35.5. The van der Waals surface area contributed by atoms with Gasteiger partial charge in [0.05, 0.1) is 17.0 Å². The lowest BCUT2D eigenvalue weighted by atomic mass is 9.97. The molecule has 1 fully saturated rings. The van der Waals surface area contributed by atoms with Crippen molar-refractivity contribution in [1.29, 1.82) is 0 Å². The number of amides is 1. The van der Waals surface area contributed by atoms with E-state index in [-0.39, 0.29) is 29.0 Å². The third kappa shape index (κ3) is 5.89. The van der Waals surface area contributed by atoms with Crippen LogP contribution in [-0.2, 0) is 14.8 Å². The molecule has 7 nitrogen and oxygen atoms in total. The summed E-state index contributed by atoms with van der Waals surface area (Å²) in [6.45, 7) is 1.03. The summed E-state index contributed by atoms with van der Waals surface area (Å²) >= 11 is 5.98. The summed E-state index contributed by atoms with van der Waals surface area (Å²) in [5, 5.41) is 9.12. The van der Waals surface area contributed by atoms with Crippen molar-refractivity contribution in [2.75, 3.05) is 24.1 Å². The molecule has 0 spiro atoms. The zero-order chi connectivity index (χ0) is 18.6. The van der Waals surface area contributed by atoms with Gasteiger partial charge in [-0.2, -0.15) is 0 Å². The first-order valence-corrected chi connectivity index (χ1v) is 10.2. The van der Waals surface area contributed by atoms with Crippen LogP contribution in [0.3, 0.4) is 0 Å². The van der Waals surface area contributed by atoms with Crippen molar-refractivity contribution in [2.24, 2.45) is 5.92 Å². The molecule has 9 heteroatoms. The number of nitrogens with one attached hydrogen (secondary N) is 1. The molecular weight excluding hydrogens is 368 g/mol. The summed E-state index contributed by atoms with van der Waals surface area (Å²) in [6.07, 6.45) is 3.28. The van der Waals surface area contributed by atoms with E-state index in [0.29, 0.717) is 25.1 Å². The van der Waals surface area contributed by atoms with Crippen LogP contribution in [0.5, 0.6) is 0 Å². The number of carboxylic acids is 1. The number of sulfonamides is 1. The molecule has 1 aromatic carbocycles. The van der Waals surface area contributed by atoms with E-state index in [1.54, 1.807) is 11.0 Å². The van der Waals surface area contributed by atoms with Crippen LogP contribution < -0.4 is 4.72 Å². The van der Waals surface area contributed by atoms with E-state index < -0.39 is 16.0 Å². The quantitative estimate of drug-likeness (QED) is 0.806. The van der Waals surface area contributed by atoms with Gasteiger partial charge in [0.2, 0.25) is 10.0 Å². The van der Waals surface area contributed by atoms with Crippen molar-refractivity contribution in [2.45, 2.75) is 25.7 Å². The number of rotatable bonds is 5. The normalized spacial score (nSPS) is 18.5. The minimum atomic E-state index is -3.51. The molecule has 0 aromatic heterocycles. The van der Waals surface area contributed by atoms with Gasteiger partial charge >= 0.3 is 5.97 Å². The van der Waals surface area contributed by atoms with Gasteiger partial charge in [0, 0.05) is 25.1 Å². The summed E-state index contributed by atoms with van der Waals surface area (Å²) in [4.78, 5) is 25.2. The van der Waals surface area contributed by atoms with Crippen LogP contribution in [0.1, 0.15) is 36.0 Å². The molecule has 2 rings (SSSR count). The summed E-state index contributed by atoms with van der Waals surface area (Å²) in [7, 11) is -3.51.